The molecule has 0 atom stereocenters. The lowest BCUT2D eigenvalue weighted by Gasteiger charge is -2.19. The van der Waals surface area contributed by atoms with Gasteiger partial charge in [-0.15, -0.1) is 0 Å². The van der Waals surface area contributed by atoms with Crippen LogP contribution in [0.15, 0.2) is 12.4 Å². The maximum Gasteiger partial charge on any atom is 0.325 e. The van der Waals surface area contributed by atoms with E-state index in [1.807, 2.05) is 6.92 Å². The number of carbonyl (C=O) groups excluding carboxylic acids is 1. The van der Waals surface area contributed by atoms with Gasteiger partial charge >= 0.3 is 5.97 Å². The molecule has 0 radical (unpaired) electrons. The summed E-state index contributed by atoms with van der Waals surface area (Å²) in [5.41, 5.74) is 5.52. The van der Waals surface area contributed by atoms with E-state index in [0.29, 0.717) is 18.2 Å². The van der Waals surface area contributed by atoms with Gasteiger partial charge < -0.3 is 15.4 Å². The van der Waals surface area contributed by atoms with E-state index in [9.17, 15) is 4.79 Å². The van der Waals surface area contributed by atoms with Gasteiger partial charge in [0.05, 0.1) is 7.11 Å². The molecule has 0 unspecified atom stereocenters. The fourth-order valence-corrected chi connectivity index (χ4v) is 1.11. The zero-order valence-electron chi connectivity index (χ0n) is 8.80. The van der Waals surface area contributed by atoms with Crippen LogP contribution in [0.2, 0.25) is 0 Å². The summed E-state index contributed by atoms with van der Waals surface area (Å²) in [6, 6.07) is 1.62. The molecule has 1 aromatic heterocycles. The summed E-state index contributed by atoms with van der Waals surface area (Å²) >= 11 is 0. The Morgan fingerprint density at radius 1 is 1.60 bits per heavy atom. The largest absolute Gasteiger partial charge is 0.468 e. The van der Waals surface area contributed by atoms with Crippen molar-refractivity contribution in [1.82, 2.24) is 9.97 Å². The number of esters is 1. The summed E-state index contributed by atoms with van der Waals surface area (Å²) in [5.74, 6) is 0.688. The summed E-state index contributed by atoms with van der Waals surface area (Å²) in [6.45, 7) is 2.72. The number of hydrogen-bond acceptors (Lipinski definition) is 6. The maximum absolute atomic E-state index is 11.1. The van der Waals surface area contributed by atoms with Gasteiger partial charge in [0.15, 0.2) is 0 Å². The monoisotopic (exact) mass is 210 g/mol. The minimum Gasteiger partial charge on any atom is -0.468 e. The molecular formula is C9H14N4O2. The third kappa shape index (κ3) is 3.08. The van der Waals surface area contributed by atoms with Gasteiger partial charge in [-0.05, 0) is 6.92 Å². The number of anilines is 2. The number of likely N-dealkylation sites (N-methyl/N-ethyl adjacent to an activating group) is 1. The van der Waals surface area contributed by atoms with Gasteiger partial charge in [0.2, 0.25) is 0 Å². The van der Waals surface area contributed by atoms with E-state index >= 15 is 0 Å². The molecule has 15 heavy (non-hydrogen) atoms. The molecule has 0 aliphatic carbocycles. The fraction of sp³-hybridized carbons (Fsp3) is 0.444. The lowest BCUT2D eigenvalue weighted by molar-refractivity contribution is -0.138. The predicted molar refractivity (Wildman–Crippen MR) is 56.3 cm³/mol. The number of ether oxygens (including phenoxy) is 1. The van der Waals surface area contributed by atoms with Gasteiger partial charge in [-0.1, -0.05) is 0 Å². The number of hydrogen-bond donors (Lipinski definition) is 1. The van der Waals surface area contributed by atoms with Crippen LogP contribution in [0, 0.1) is 0 Å². The second-order valence-corrected chi connectivity index (χ2v) is 2.89. The van der Waals surface area contributed by atoms with E-state index in [-0.39, 0.29) is 12.5 Å². The van der Waals surface area contributed by atoms with Gasteiger partial charge in [-0.3, -0.25) is 4.79 Å². The smallest absolute Gasteiger partial charge is 0.325 e. The average molecular weight is 210 g/mol. The number of carbonyl (C=O) groups is 1. The lowest BCUT2D eigenvalue weighted by atomic mass is 10.4. The Morgan fingerprint density at radius 2 is 2.33 bits per heavy atom. The molecular weight excluding hydrogens is 196 g/mol. The Morgan fingerprint density at radius 3 is 2.87 bits per heavy atom. The maximum atomic E-state index is 11.1. The normalized spacial score (nSPS) is 9.73. The SMILES string of the molecule is CCN(CC(=O)OC)c1cc(N)ncn1. The fourth-order valence-electron chi connectivity index (χ4n) is 1.11. The molecule has 0 aromatic carbocycles. The topological polar surface area (TPSA) is 81.3 Å². The number of aromatic nitrogens is 2. The van der Waals surface area contributed by atoms with Crippen molar-refractivity contribution in [3.8, 4) is 0 Å². The Hall–Kier alpha value is -1.85. The van der Waals surface area contributed by atoms with Crippen LogP contribution in [-0.2, 0) is 9.53 Å². The molecule has 0 bridgehead atoms. The third-order valence-electron chi connectivity index (χ3n) is 1.93. The van der Waals surface area contributed by atoms with E-state index in [4.69, 9.17) is 5.73 Å². The minimum absolute atomic E-state index is 0.156. The first-order valence-electron chi connectivity index (χ1n) is 4.56. The van der Waals surface area contributed by atoms with Crippen LogP contribution in [0.5, 0.6) is 0 Å². The van der Waals surface area contributed by atoms with Crippen LogP contribution in [0.3, 0.4) is 0 Å². The van der Waals surface area contributed by atoms with Gasteiger partial charge in [0, 0.05) is 12.6 Å². The highest BCUT2D eigenvalue weighted by Gasteiger charge is 2.11. The molecule has 1 aromatic rings. The first-order valence-corrected chi connectivity index (χ1v) is 4.56. The predicted octanol–water partition coefficient (Wildman–Crippen LogP) is 0.0581. The number of nitrogen functional groups attached to an aromatic ring is 1. The van der Waals surface area contributed by atoms with E-state index in [0.717, 1.165) is 0 Å². The minimum atomic E-state index is -0.311. The number of nitrogens with zero attached hydrogens (tertiary/aromatic N) is 3. The molecule has 6 nitrogen and oxygen atoms in total. The second-order valence-electron chi connectivity index (χ2n) is 2.89. The highest BCUT2D eigenvalue weighted by Crippen LogP contribution is 2.11. The quantitative estimate of drug-likeness (QED) is 0.707. The summed E-state index contributed by atoms with van der Waals surface area (Å²) in [6.07, 6.45) is 1.37. The van der Waals surface area contributed by atoms with Crippen molar-refractivity contribution < 1.29 is 9.53 Å². The number of rotatable bonds is 4. The number of methoxy groups -OCH3 is 1. The van der Waals surface area contributed by atoms with Crippen molar-refractivity contribution in [2.24, 2.45) is 0 Å². The molecule has 0 amide bonds. The molecule has 0 aliphatic rings. The third-order valence-corrected chi connectivity index (χ3v) is 1.93. The van der Waals surface area contributed by atoms with Crippen molar-refractivity contribution in [1.29, 1.82) is 0 Å². The standard InChI is InChI=1S/C9H14N4O2/c1-3-13(5-9(14)15-2)8-4-7(10)11-6-12-8/h4,6H,3,5H2,1-2H3,(H2,10,11,12). The molecule has 0 saturated heterocycles. The molecule has 0 saturated carbocycles. The van der Waals surface area contributed by atoms with Gasteiger partial charge in [0.1, 0.15) is 24.5 Å². The summed E-state index contributed by atoms with van der Waals surface area (Å²) in [4.78, 5) is 20.7. The number of nitrogens with two attached hydrogens (primary N) is 1. The molecule has 0 aliphatic heterocycles. The van der Waals surface area contributed by atoms with Crippen LogP contribution < -0.4 is 10.6 Å². The zero-order valence-corrected chi connectivity index (χ0v) is 8.80. The van der Waals surface area contributed by atoms with Crippen LogP contribution in [0.1, 0.15) is 6.92 Å². The molecule has 0 fully saturated rings. The Labute approximate surface area is 88.1 Å². The van der Waals surface area contributed by atoms with Crippen LogP contribution in [-0.4, -0.2) is 36.1 Å². The van der Waals surface area contributed by atoms with E-state index in [1.54, 1.807) is 11.0 Å². The molecule has 1 rings (SSSR count). The van der Waals surface area contributed by atoms with Crippen LogP contribution >= 0.6 is 0 Å². The van der Waals surface area contributed by atoms with Crippen molar-refractivity contribution >= 4 is 17.6 Å². The molecule has 6 heteroatoms. The van der Waals surface area contributed by atoms with E-state index in [2.05, 4.69) is 14.7 Å². The first-order chi connectivity index (χ1) is 7.17. The van der Waals surface area contributed by atoms with E-state index < -0.39 is 0 Å². The summed E-state index contributed by atoms with van der Waals surface area (Å²) in [5, 5.41) is 0. The van der Waals surface area contributed by atoms with Gasteiger partial charge in [-0.2, -0.15) is 0 Å². The molecule has 2 N–H and O–H groups in total. The van der Waals surface area contributed by atoms with E-state index in [1.165, 1.54) is 13.4 Å². The van der Waals surface area contributed by atoms with Crippen molar-refractivity contribution in [2.45, 2.75) is 6.92 Å². The summed E-state index contributed by atoms with van der Waals surface area (Å²) < 4.78 is 4.58. The Bertz CT molecular complexity index is 343. The molecule has 82 valence electrons. The Balaban J connectivity index is 2.78. The van der Waals surface area contributed by atoms with Crippen molar-refractivity contribution in [3.63, 3.8) is 0 Å². The van der Waals surface area contributed by atoms with Gasteiger partial charge in [-0.25, -0.2) is 9.97 Å². The second kappa shape index (κ2) is 5.14. The average Bonchev–Trinajstić information content (AvgIpc) is 2.25. The Kier molecular flexibility index (Phi) is 3.84. The molecule has 1 heterocycles. The van der Waals surface area contributed by atoms with Crippen LogP contribution in [0.4, 0.5) is 11.6 Å². The highest BCUT2D eigenvalue weighted by molar-refractivity contribution is 5.75. The lowest BCUT2D eigenvalue weighted by Crippen LogP contribution is -2.31. The molecule has 0 spiro atoms. The zero-order chi connectivity index (χ0) is 11.3. The first kappa shape index (κ1) is 11.2. The van der Waals surface area contributed by atoms with Crippen molar-refractivity contribution in [2.75, 3.05) is 30.8 Å². The van der Waals surface area contributed by atoms with Gasteiger partial charge in [0.25, 0.3) is 0 Å². The highest BCUT2D eigenvalue weighted by atomic mass is 16.5. The van der Waals surface area contributed by atoms with Crippen LogP contribution in [0.25, 0.3) is 0 Å². The van der Waals surface area contributed by atoms with Crippen molar-refractivity contribution in [3.05, 3.63) is 12.4 Å². The summed E-state index contributed by atoms with van der Waals surface area (Å²) in [7, 11) is 1.35.